The number of hydrogen-bond donors (Lipinski definition) is 1. The van der Waals surface area contributed by atoms with E-state index in [-0.39, 0.29) is 19.0 Å². The molecule has 0 fully saturated rings. The van der Waals surface area contributed by atoms with E-state index in [1.54, 1.807) is 18.2 Å². The van der Waals surface area contributed by atoms with Crippen molar-refractivity contribution in [3.63, 3.8) is 0 Å². The lowest BCUT2D eigenvalue weighted by molar-refractivity contribution is 0.0159. The van der Waals surface area contributed by atoms with Crippen molar-refractivity contribution in [3.05, 3.63) is 102 Å². The number of benzene rings is 3. The second-order valence-corrected chi connectivity index (χ2v) is 10.8. The van der Waals surface area contributed by atoms with Crippen LogP contribution in [0.4, 0.5) is 0 Å². The predicted octanol–water partition coefficient (Wildman–Crippen LogP) is 5.73. The van der Waals surface area contributed by atoms with Crippen molar-refractivity contribution in [2.24, 2.45) is 0 Å². The van der Waals surface area contributed by atoms with Gasteiger partial charge in [0.25, 0.3) is 0 Å². The standard InChI is InChI=1S/C30H37N2O7P/c1-4-31-16-17-32(23-31)19-26-12-8-13-27(18-26)39-40(33,34)38-22-28(35-3)21-37-30-15-9-14-29(24(30)2)36-20-25-10-6-5-7-11-25/h5-18,28H,4,19-23H2,1-3H3,(H,33,34). The molecular weight excluding hydrogens is 531 g/mol. The summed E-state index contributed by atoms with van der Waals surface area (Å²) in [5, 5.41) is 0. The molecular formula is C30H37N2O7P. The summed E-state index contributed by atoms with van der Waals surface area (Å²) in [5.74, 6) is 1.60. The van der Waals surface area contributed by atoms with Crippen molar-refractivity contribution in [2.75, 3.05) is 33.5 Å². The summed E-state index contributed by atoms with van der Waals surface area (Å²) in [4.78, 5) is 14.7. The third kappa shape index (κ3) is 8.76. The summed E-state index contributed by atoms with van der Waals surface area (Å²) in [6.45, 7) is 6.76. The molecule has 1 aliphatic heterocycles. The molecule has 2 atom stereocenters. The van der Waals surface area contributed by atoms with Gasteiger partial charge < -0.3 is 28.5 Å². The van der Waals surface area contributed by atoms with Crippen LogP contribution in [-0.4, -0.2) is 54.3 Å². The molecule has 0 saturated heterocycles. The fourth-order valence-corrected chi connectivity index (χ4v) is 4.89. The number of phosphoric ester groups is 1. The zero-order valence-corrected chi connectivity index (χ0v) is 24.0. The zero-order valence-electron chi connectivity index (χ0n) is 23.1. The first-order chi connectivity index (χ1) is 19.3. The molecule has 2 unspecified atom stereocenters. The Kier molecular flexibility index (Phi) is 10.5. The molecule has 1 aliphatic rings. The molecule has 4 rings (SSSR count). The molecule has 3 aromatic rings. The molecule has 0 saturated carbocycles. The summed E-state index contributed by atoms with van der Waals surface area (Å²) in [6.07, 6.45) is 3.47. The highest BCUT2D eigenvalue weighted by molar-refractivity contribution is 7.47. The number of hydrogen-bond acceptors (Lipinski definition) is 8. The molecule has 0 aromatic heterocycles. The lowest BCUT2D eigenvalue weighted by atomic mass is 10.2. The lowest BCUT2D eigenvalue weighted by Crippen LogP contribution is -2.26. The molecule has 40 heavy (non-hydrogen) atoms. The fourth-order valence-electron chi connectivity index (χ4n) is 4.11. The van der Waals surface area contributed by atoms with Crippen molar-refractivity contribution in [1.82, 2.24) is 9.80 Å². The van der Waals surface area contributed by atoms with Crippen LogP contribution in [0, 0.1) is 6.92 Å². The van der Waals surface area contributed by atoms with E-state index < -0.39 is 13.9 Å². The highest BCUT2D eigenvalue weighted by Gasteiger charge is 2.26. The van der Waals surface area contributed by atoms with Gasteiger partial charge in [-0.2, -0.15) is 0 Å². The normalized spacial score (nSPS) is 15.1. The van der Waals surface area contributed by atoms with Gasteiger partial charge in [0.2, 0.25) is 0 Å². The van der Waals surface area contributed by atoms with Crippen LogP contribution in [0.5, 0.6) is 17.2 Å². The first kappa shape index (κ1) is 29.5. The lowest BCUT2D eigenvalue weighted by Gasteiger charge is -2.21. The van der Waals surface area contributed by atoms with Crippen LogP contribution in [0.1, 0.15) is 23.6 Å². The van der Waals surface area contributed by atoms with Gasteiger partial charge in [-0.1, -0.05) is 48.5 Å². The van der Waals surface area contributed by atoms with E-state index in [0.717, 1.165) is 29.9 Å². The SMILES string of the molecule is CCN1C=CN(Cc2cccc(OP(=O)(O)OCC(COc3cccc(OCc4ccccc4)c3C)OC)c2)C1. The maximum absolute atomic E-state index is 12.7. The predicted molar refractivity (Wildman–Crippen MR) is 153 cm³/mol. The number of nitrogens with zero attached hydrogens (tertiary/aromatic N) is 2. The van der Waals surface area contributed by atoms with Gasteiger partial charge in [0.15, 0.2) is 0 Å². The van der Waals surface area contributed by atoms with Crippen LogP contribution >= 0.6 is 7.82 Å². The molecule has 0 radical (unpaired) electrons. The van der Waals surface area contributed by atoms with E-state index in [9.17, 15) is 9.46 Å². The molecule has 1 heterocycles. The van der Waals surface area contributed by atoms with Gasteiger partial charge in [0, 0.05) is 38.2 Å². The molecule has 9 nitrogen and oxygen atoms in total. The highest BCUT2D eigenvalue weighted by Crippen LogP contribution is 2.44. The average Bonchev–Trinajstić information content (AvgIpc) is 3.41. The van der Waals surface area contributed by atoms with Crippen LogP contribution < -0.4 is 14.0 Å². The molecule has 0 spiro atoms. The van der Waals surface area contributed by atoms with E-state index in [4.69, 9.17) is 23.3 Å². The quantitative estimate of drug-likeness (QED) is 0.231. The van der Waals surface area contributed by atoms with Crippen molar-refractivity contribution >= 4 is 7.82 Å². The van der Waals surface area contributed by atoms with E-state index in [2.05, 4.69) is 16.7 Å². The Hall–Kier alpha value is -3.49. The van der Waals surface area contributed by atoms with E-state index in [1.165, 1.54) is 7.11 Å². The average molecular weight is 569 g/mol. The zero-order chi connectivity index (χ0) is 28.4. The van der Waals surface area contributed by atoms with Gasteiger partial charge in [-0.15, -0.1) is 0 Å². The Morgan fingerprint density at radius 1 is 0.900 bits per heavy atom. The Balaban J connectivity index is 1.26. The smallest absolute Gasteiger partial charge is 0.490 e. The molecule has 0 aliphatic carbocycles. The largest absolute Gasteiger partial charge is 0.527 e. The first-order valence-corrected chi connectivity index (χ1v) is 14.7. The van der Waals surface area contributed by atoms with E-state index >= 15 is 0 Å². The van der Waals surface area contributed by atoms with Crippen LogP contribution in [-0.2, 0) is 27.0 Å². The Morgan fingerprint density at radius 2 is 1.60 bits per heavy atom. The van der Waals surface area contributed by atoms with Crippen LogP contribution in [0.15, 0.2) is 85.2 Å². The Labute approximate surface area is 236 Å². The van der Waals surface area contributed by atoms with E-state index in [1.807, 2.05) is 73.9 Å². The van der Waals surface area contributed by atoms with Gasteiger partial charge in [-0.05, 0) is 49.2 Å². The van der Waals surface area contributed by atoms with Crippen molar-refractivity contribution < 1.29 is 32.7 Å². The molecule has 1 N–H and O–H groups in total. The monoisotopic (exact) mass is 568 g/mol. The van der Waals surface area contributed by atoms with Crippen molar-refractivity contribution in [2.45, 2.75) is 33.1 Å². The van der Waals surface area contributed by atoms with Crippen molar-refractivity contribution in [1.29, 1.82) is 0 Å². The maximum Gasteiger partial charge on any atom is 0.527 e. The summed E-state index contributed by atoms with van der Waals surface area (Å²) >= 11 is 0. The molecule has 3 aromatic carbocycles. The topological polar surface area (TPSA) is 89.9 Å². The van der Waals surface area contributed by atoms with Crippen LogP contribution in [0.3, 0.4) is 0 Å². The second-order valence-electron chi connectivity index (χ2n) is 9.42. The summed E-state index contributed by atoms with van der Waals surface area (Å²) < 4.78 is 40.6. The number of rotatable bonds is 15. The molecule has 10 heteroatoms. The van der Waals surface area contributed by atoms with Crippen molar-refractivity contribution in [3.8, 4) is 17.2 Å². The minimum Gasteiger partial charge on any atom is -0.490 e. The first-order valence-electron chi connectivity index (χ1n) is 13.2. The van der Waals surface area contributed by atoms with Gasteiger partial charge >= 0.3 is 7.82 Å². The maximum atomic E-state index is 12.7. The number of phosphoric acid groups is 1. The second kappa shape index (κ2) is 14.2. The molecule has 0 amide bonds. The van der Waals surface area contributed by atoms with Gasteiger partial charge in [-0.3, -0.25) is 9.42 Å². The molecule has 214 valence electrons. The summed E-state index contributed by atoms with van der Waals surface area (Å²) in [5.41, 5.74) is 2.87. The molecule has 0 bridgehead atoms. The van der Waals surface area contributed by atoms with Gasteiger partial charge in [0.05, 0.1) is 13.3 Å². The third-order valence-electron chi connectivity index (χ3n) is 6.42. The Bertz CT molecular complexity index is 1300. The van der Waals surface area contributed by atoms with Crippen LogP contribution in [0.25, 0.3) is 0 Å². The summed E-state index contributed by atoms with van der Waals surface area (Å²) in [6, 6.07) is 22.6. The highest BCUT2D eigenvalue weighted by atomic mass is 31.2. The van der Waals surface area contributed by atoms with Gasteiger partial charge in [-0.25, -0.2) is 4.57 Å². The number of methoxy groups -OCH3 is 1. The summed E-state index contributed by atoms with van der Waals surface area (Å²) in [7, 11) is -2.91. The minimum absolute atomic E-state index is 0.104. The van der Waals surface area contributed by atoms with E-state index in [0.29, 0.717) is 24.7 Å². The minimum atomic E-state index is -4.39. The van der Waals surface area contributed by atoms with Crippen LogP contribution in [0.2, 0.25) is 0 Å². The third-order valence-corrected chi connectivity index (χ3v) is 7.33. The van der Waals surface area contributed by atoms with Gasteiger partial charge in [0.1, 0.15) is 36.6 Å². The number of ether oxygens (including phenoxy) is 3. The fraction of sp³-hybridized carbons (Fsp3) is 0.333. The Morgan fingerprint density at radius 3 is 2.33 bits per heavy atom.